The number of rotatable bonds is 10. The molecular weight excluding hydrogens is 202 g/mol. The molecule has 1 aliphatic rings. The number of hydrogen-bond acceptors (Lipinski definition) is 2. The van der Waals surface area contributed by atoms with Gasteiger partial charge in [-0.2, -0.15) is 0 Å². The summed E-state index contributed by atoms with van der Waals surface area (Å²) >= 11 is 0. The molecule has 1 saturated heterocycles. The average molecular weight is 225 g/mol. The molecule has 0 saturated carbocycles. The van der Waals surface area contributed by atoms with E-state index in [9.17, 15) is 4.79 Å². The van der Waals surface area contributed by atoms with Crippen molar-refractivity contribution in [3.8, 4) is 0 Å². The Morgan fingerprint density at radius 3 is 2.19 bits per heavy atom. The molecule has 1 heterocycles. The second kappa shape index (κ2) is 7.44. The molecule has 1 rings (SSSR count). The maximum atomic E-state index is 10.5. The third kappa shape index (κ3) is 6.62. The normalized spacial score (nSPS) is 15.0. The van der Waals surface area contributed by atoms with Crippen LogP contribution < -0.4 is 0 Å². The zero-order chi connectivity index (χ0) is 11.8. The molecule has 0 atom stereocenters. The minimum Gasteiger partial charge on any atom is -0.478 e. The van der Waals surface area contributed by atoms with Crippen LogP contribution in [0.25, 0.3) is 0 Å². The third-order valence-corrected chi connectivity index (χ3v) is 3.05. The largest absolute Gasteiger partial charge is 0.478 e. The van der Waals surface area contributed by atoms with E-state index in [0.29, 0.717) is 12.0 Å². The van der Waals surface area contributed by atoms with E-state index in [1.807, 2.05) is 0 Å². The lowest BCUT2D eigenvalue weighted by Gasteiger charge is -2.02. The predicted molar refractivity (Wildman–Crippen MR) is 65.5 cm³/mol. The van der Waals surface area contributed by atoms with Crippen LogP contribution in [0.2, 0.25) is 0 Å². The van der Waals surface area contributed by atoms with Gasteiger partial charge >= 0.3 is 5.97 Å². The first-order valence-corrected chi connectivity index (χ1v) is 6.33. The Morgan fingerprint density at radius 2 is 1.62 bits per heavy atom. The molecule has 3 heteroatoms. The van der Waals surface area contributed by atoms with Gasteiger partial charge in [-0.1, -0.05) is 32.3 Å². The number of nitrogens with zero attached hydrogens (tertiary/aromatic N) is 1. The summed E-state index contributed by atoms with van der Waals surface area (Å²) in [5, 5.41) is 8.61. The van der Waals surface area contributed by atoms with Crippen LogP contribution in [-0.4, -0.2) is 35.6 Å². The molecule has 92 valence electrons. The number of carboxylic acids is 1. The van der Waals surface area contributed by atoms with Crippen molar-refractivity contribution in [2.24, 2.45) is 0 Å². The van der Waals surface area contributed by atoms with E-state index in [-0.39, 0.29) is 0 Å². The molecular formula is C13H23NO2. The van der Waals surface area contributed by atoms with Gasteiger partial charge in [-0.3, -0.25) is 0 Å². The molecule has 3 nitrogen and oxygen atoms in total. The van der Waals surface area contributed by atoms with Crippen molar-refractivity contribution in [1.29, 1.82) is 0 Å². The van der Waals surface area contributed by atoms with E-state index >= 15 is 0 Å². The smallest absolute Gasteiger partial charge is 0.330 e. The van der Waals surface area contributed by atoms with Crippen molar-refractivity contribution >= 4 is 5.97 Å². The summed E-state index contributed by atoms with van der Waals surface area (Å²) < 4.78 is 0. The van der Waals surface area contributed by atoms with Crippen molar-refractivity contribution in [2.45, 2.75) is 44.9 Å². The lowest BCUT2D eigenvalue weighted by Crippen LogP contribution is -1.99. The third-order valence-electron chi connectivity index (χ3n) is 3.05. The zero-order valence-electron chi connectivity index (χ0n) is 10.1. The molecule has 0 aromatic rings. The Labute approximate surface area is 98.1 Å². The molecule has 1 aliphatic heterocycles. The summed E-state index contributed by atoms with van der Waals surface area (Å²) in [5.41, 5.74) is 0.349. The molecule has 0 spiro atoms. The van der Waals surface area contributed by atoms with Crippen LogP contribution in [0.3, 0.4) is 0 Å². The summed E-state index contributed by atoms with van der Waals surface area (Å²) in [6, 6.07) is 0. The van der Waals surface area contributed by atoms with Crippen molar-refractivity contribution in [1.82, 2.24) is 4.90 Å². The topological polar surface area (TPSA) is 40.3 Å². The van der Waals surface area contributed by atoms with Crippen LogP contribution in [0.5, 0.6) is 0 Å². The molecule has 0 radical (unpaired) electrons. The van der Waals surface area contributed by atoms with Gasteiger partial charge < -0.3 is 10.0 Å². The Kier molecular flexibility index (Phi) is 6.16. The molecule has 16 heavy (non-hydrogen) atoms. The highest BCUT2D eigenvalue weighted by atomic mass is 16.4. The monoisotopic (exact) mass is 225 g/mol. The van der Waals surface area contributed by atoms with E-state index in [0.717, 1.165) is 12.8 Å². The maximum Gasteiger partial charge on any atom is 0.330 e. The van der Waals surface area contributed by atoms with Crippen LogP contribution >= 0.6 is 0 Å². The van der Waals surface area contributed by atoms with Gasteiger partial charge in [0.15, 0.2) is 0 Å². The Morgan fingerprint density at radius 1 is 1.06 bits per heavy atom. The van der Waals surface area contributed by atoms with Crippen molar-refractivity contribution in [2.75, 3.05) is 19.6 Å². The highest BCUT2D eigenvalue weighted by molar-refractivity contribution is 5.85. The summed E-state index contributed by atoms with van der Waals surface area (Å²) in [7, 11) is 0. The van der Waals surface area contributed by atoms with Crippen LogP contribution in [0, 0.1) is 0 Å². The second-order valence-corrected chi connectivity index (χ2v) is 4.62. The fourth-order valence-corrected chi connectivity index (χ4v) is 1.78. The van der Waals surface area contributed by atoms with E-state index in [1.54, 1.807) is 0 Å². The molecule has 0 bridgehead atoms. The van der Waals surface area contributed by atoms with Gasteiger partial charge in [0.25, 0.3) is 0 Å². The van der Waals surface area contributed by atoms with Gasteiger partial charge in [0.1, 0.15) is 0 Å². The molecule has 0 unspecified atom stereocenters. The van der Waals surface area contributed by atoms with Crippen LogP contribution in [0.1, 0.15) is 44.9 Å². The molecule has 1 N–H and O–H groups in total. The average Bonchev–Trinajstić information content (AvgIpc) is 3.05. The lowest BCUT2D eigenvalue weighted by molar-refractivity contribution is -0.132. The minimum absolute atomic E-state index is 0.349. The van der Waals surface area contributed by atoms with Gasteiger partial charge in [0.05, 0.1) is 0 Å². The molecule has 0 aromatic heterocycles. The van der Waals surface area contributed by atoms with Crippen molar-refractivity contribution in [3.05, 3.63) is 12.2 Å². The summed E-state index contributed by atoms with van der Waals surface area (Å²) in [6.45, 7) is 7.40. The zero-order valence-corrected chi connectivity index (χ0v) is 10.1. The molecule has 1 fully saturated rings. The van der Waals surface area contributed by atoms with Crippen molar-refractivity contribution in [3.63, 3.8) is 0 Å². The van der Waals surface area contributed by atoms with Crippen LogP contribution in [0.4, 0.5) is 0 Å². The predicted octanol–water partition coefficient (Wildman–Crippen LogP) is 2.67. The Balaban J connectivity index is 1.76. The van der Waals surface area contributed by atoms with E-state index in [1.165, 1.54) is 45.3 Å². The first-order valence-electron chi connectivity index (χ1n) is 6.33. The first-order chi connectivity index (χ1) is 7.70. The number of hydrogen-bond donors (Lipinski definition) is 1. The summed E-state index contributed by atoms with van der Waals surface area (Å²) in [4.78, 5) is 12.9. The van der Waals surface area contributed by atoms with Crippen LogP contribution in [0.15, 0.2) is 12.2 Å². The quantitative estimate of drug-likeness (QED) is 0.353. The Hall–Kier alpha value is -0.830. The molecule has 0 aliphatic carbocycles. The van der Waals surface area contributed by atoms with Gasteiger partial charge in [-0.15, -0.1) is 0 Å². The van der Waals surface area contributed by atoms with E-state index < -0.39 is 5.97 Å². The fourth-order valence-electron chi connectivity index (χ4n) is 1.78. The molecule has 0 amide bonds. The highest BCUT2D eigenvalue weighted by Crippen LogP contribution is 2.12. The summed E-state index contributed by atoms with van der Waals surface area (Å²) in [6.07, 6.45) is 7.90. The van der Waals surface area contributed by atoms with Crippen molar-refractivity contribution < 1.29 is 9.90 Å². The first kappa shape index (κ1) is 13.2. The summed E-state index contributed by atoms with van der Waals surface area (Å²) in [5.74, 6) is -0.849. The maximum absolute atomic E-state index is 10.5. The fraction of sp³-hybridized carbons (Fsp3) is 0.769. The van der Waals surface area contributed by atoms with E-state index in [4.69, 9.17) is 5.11 Å². The number of carboxylic acid groups (broad SMARTS) is 1. The van der Waals surface area contributed by atoms with Gasteiger partial charge in [-0.05, 0) is 25.8 Å². The highest BCUT2D eigenvalue weighted by Gasteiger charge is 2.14. The number of carbonyl (C=O) groups is 1. The Bertz CT molecular complexity index is 234. The van der Waals surface area contributed by atoms with Gasteiger partial charge in [0.2, 0.25) is 0 Å². The van der Waals surface area contributed by atoms with E-state index in [2.05, 4.69) is 11.5 Å². The van der Waals surface area contributed by atoms with Crippen LogP contribution in [-0.2, 0) is 4.79 Å². The van der Waals surface area contributed by atoms with Gasteiger partial charge in [-0.25, -0.2) is 4.79 Å². The standard InChI is InChI=1S/C13H23NO2/c1-12(13(15)16)8-6-4-2-3-5-7-9-14-10-11-14/h1-11H2,(H,15,16). The number of aliphatic carboxylic acids is 1. The second-order valence-electron chi connectivity index (χ2n) is 4.62. The molecule has 0 aromatic carbocycles. The minimum atomic E-state index is -0.849. The SMILES string of the molecule is C=C(CCCCCCCCN1CC1)C(=O)O. The number of unbranched alkanes of at least 4 members (excludes halogenated alkanes) is 5. The lowest BCUT2D eigenvalue weighted by atomic mass is 10.1. The van der Waals surface area contributed by atoms with Gasteiger partial charge in [0, 0.05) is 18.7 Å².